The highest BCUT2D eigenvalue weighted by Gasteiger charge is 2.28. The second-order valence-electron chi connectivity index (χ2n) is 5.67. The monoisotopic (exact) mass is 395 g/mol. The Morgan fingerprint density at radius 1 is 1.29 bits per heavy atom. The number of pyridine rings is 2. The topological polar surface area (TPSA) is 92.4 Å². The van der Waals surface area contributed by atoms with Crippen molar-refractivity contribution in [3.05, 3.63) is 59.6 Å². The number of fused-ring (bicyclic) bond motifs is 1. The minimum Gasteiger partial charge on any atom is -0.464 e. The van der Waals surface area contributed by atoms with Crippen molar-refractivity contribution < 1.29 is 27.1 Å². The third kappa shape index (κ3) is 3.92. The molecule has 0 aliphatic carbocycles. The van der Waals surface area contributed by atoms with Crippen molar-refractivity contribution in [1.82, 2.24) is 14.4 Å². The zero-order valence-electron chi connectivity index (χ0n) is 14.3. The smallest absolute Gasteiger partial charge is 0.405 e. The number of imidazole rings is 1. The van der Waals surface area contributed by atoms with E-state index < -0.39 is 24.5 Å². The highest BCUT2D eigenvalue weighted by molar-refractivity contribution is 6.13. The third-order valence-corrected chi connectivity index (χ3v) is 3.77. The molecule has 146 valence electrons. The van der Waals surface area contributed by atoms with Gasteiger partial charge in [0.2, 0.25) is 0 Å². The number of nitrogens with zero attached hydrogens (tertiary/aromatic N) is 3. The Morgan fingerprint density at radius 2 is 2.04 bits per heavy atom. The second kappa shape index (κ2) is 7.25. The van der Waals surface area contributed by atoms with Crippen LogP contribution in [0.2, 0.25) is 0 Å². The van der Waals surface area contributed by atoms with Crippen LogP contribution >= 0.6 is 0 Å². The quantitative estimate of drug-likeness (QED) is 0.394. The van der Waals surface area contributed by atoms with Crippen molar-refractivity contribution in [3.63, 3.8) is 0 Å². The molecular weight excluding hydrogens is 382 g/mol. The lowest BCUT2D eigenvalue weighted by atomic mass is 10.1. The summed E-state index contributed by atoms with van der Waals surface area (Å²) in [5.41, 5.74) is -0.172. The van der Waals surface area contributed by atoms with Crippen LogP contribution < -0.4 is 5.32 Å². The molecule has 0 aliphatic rings. The summed E-state index contributed by atoms with van der Waals surface area (Å²) in [4.78, 5) is 19.5. The molecule has 11 heteroatoms. The van der Waals surface area contributed by atoms with Crippen LogP contribution in [0.25, 0.3) is 5.65 Å². The van der Waals surface area contributed by atoms with E-state index in [2.05, 4.69) is 20.0 Å². The Kier molecular flexibility index (Phi) is 4.99. The van der Waals surface area contributed by atoms with Gasteiger partial charge in [-0.25, -0.2) is 19.2 Å². The summed E-state index contributed by atoms with van der Waals surface area (Å²) in [6.07, 6.45) is -1.06. The van der Waals surface area contributed by atoms with Crippen LogP contribution in [0, 0.1) is 11.2 Å². The minimum absolute atomic E-state index is 0.0250. The van der Waals surface area contributed by atoms with E-state index in [9.17, 15) is 22.4 Å². The fourth-order valence-corrected chi connectivity index (χ4v) is 2.49. The van der Waals surface area contributed by atoms with E-state index in [1.54, 1.807) is 0 Å². The maximum atomic E-state index is 13.6. The number of hydrogen-bond acceptors (Lipinski definition) is 6. The van der Waals surface area contributed by atoms with Gasteiger partial charge >= 0.3 is 12.1 Å². The number of methoxy groups -OCH3 is 1. The summed E-state index contributed by atoms with van der Waals surface area (Å²) in [5, 5.41) is 10.5. The molecular formula is C17H13F4N5O2. The van der Waals surface area contributed by atoms with Crippen molar-refractivity contribution in [3.8, 4) is 0 Å². The first-order valence-corrected chi connectivity index (χ1v) is 7.80. The summed E-state index contributed by atoms with van der Waals surface area (Å²) >= 11 is 0. The molecule has 3 heterocycles. The van der Waals surface area contributed by atoms with Gasteiger partial charge in [0.25, 0.3) is 0 Å². The van der Waals surface area contributed by atoms with Gasteiger partial charge in [-0.3, -0.25) is 9.81 Å². The van der Waals surface area contributed by atoms with Gasteiger partial charge in [-0.2, -0.15) is 13.2 Å². The van der Waals surface area contributed by atoms with Crippen LogP contribution in [0.4, 0.5) is 23.2 Å². The van der Waals surface area contributed by atoms with Crippen molar-refractivity contribution in [2.24, 2.45) is 0 Å². The molecule has 0 amide bonds. The van der Waals surface area contributed by atoms with Crippen LogP contribution in [-0.2, 0) is 4.74 Å². The van der Waals surface area contributed by atoms with Crippen LogP contribution in [-0.4, -0.2) is 45.9 Å². The fourth-order valence-electron chi connectivity index (χ4n) is 2.49. The number of ether oxygens (including phenoxy) is 1. The van der Waals surface area contributed by atoms with Crippen molar-refractivity contribution in [2.45, 2.75) is 6.18 Å². The largest absolute Gasteiger partial charge is 0.464 e. The van der Waals surface area contributed by atoms with Crippen molar-refractivity contribution in [2.75, 3.05) is 19.0 Å². The van der Waals surface area contributed by atoms with Crippen molar-refractivity contribution in [1.29, 1.82) is 5.41 Å². The molecule has 0 aromatic carbocycles. The SMILES string of the molecule is COC(=O)c1cc(NCC(F)(F)F)c(C(=N)c2cnc3ccc(F)cn23)cn1. The number of rotatable bonds is 5. The first-order valence-electron chi connectivity index (χ1n) is 7.80. The molecule has 7 nitrogen and oxygen atoms in total. The van der Waals surface area contributed by atoms with Gasteiger partial charge in [-0.15, -0.1) is 0 Å². The average Bonchev–Trinajstić information content (AvgIpc) is 3.07. The van der Waals surface area contributed by atoms with E-state index in [-0.39, 0.29) is 28.4 Å². The Bertz CT molecular complexity index is 1060. The number of nitrogens with one attached hydrogen (secondary N) is 2. The molecule has 3 aromatic heterocycles. The number of esters is 1. The maximum absolute atomic E-state index is 13.6. The molecule has 0 saturated carbocycles. The van der Waals surface area contributed by atoms with E-state index in [1.165, 1.54) is 22.7 Å². The van der Waals surface area contributed by atoms with Crippen LogP contribution in [0.3, 0.4) is 0 Å². The predicted octanol–water partition coefficient (Wildman–Crippen LogP) is 3.05. The summed E-state index contributed by atoms with van der Waals surface area (Å²) in [5.74, 6) is -1.42. The standard InChI is InChI=1S/C17H13F4N5O2/c1-28-16(27)12-4-11(25-8-17(19,20)21)10(5-23-12)15(22)13-6-24-14-3-2-9(18)7-26(13)14/h2-7,22H,8H2,1H3,(H,23,25). The highest BCUT2D eigenvalue weighted by atomic mass is 19.4. The Labute approximate surface area is 155 Å². The molecule has 3 rings (SSSR count). The highest BCUT2D eigenvalue weighted by Crippen LogP contribution is 2.23. The van der Waals surface area contributed by atoms with E-state index >= 15 is 0 Å². The van der Waals surface area contributed by atoms with E-state index in [1.807, 2.05) is 0 Å². The number of carbonyl (C=O) groups excluding carboxylic acids is 1. The van der Waals surface area contributed by atoms with E-state index in [0.717, 1.165) is 25.6 Å². The molecule has 0 unspecified atom stereocenters. The summed E-state index contributed by atoms with van der Waals surface area (Å²) in [6.45, 7) is -1.39. The minimum atomic E-state index is -4.53. The molecule has 0 radical (unpaired) electrons. The lowest BCUT2D eigenvalue weighted by Gasteiger charge is -2.15. The number of anilines is 1. The summed E-state index contributed by atoms with van der Waals surface area (Å²) in [7, 11) is 1.11. The Morgan fingerprint density at radius 3 is 2.71 bits per heavy atom. The molecule has 0 bridgehead atoms. The van der Waals surface area contributed by atoms with Gasteiger partial charge in [-0.1, -0.05) is 0 Å². The van der Waals surface area contributed by atoms with Crippen LogP contribution in [0.1, 0.15) is 21.7 Å². The molecule has 2 N–H and O–H groups in total. The molecule has 0 fully saturated rings. The molecule has 0 saturated heterocycles. The van der Waals surface area contributed by atoms with E-state index in [0.29, 0.717) is 5.65 Å². The van der Waals surface area contributed by atoms with Gasteiger partial charge < -0.3 is 10.1 Å². The predicted molar refractivity (Wildman–Crippen MR) is 91.2 cm³/mol. The lowest BCUT2D eigenvalue weighted by Crippen LogP contribution is -2.23. The number of carbonyl (C=O) groups is 1. The summed E-state index contributed by atoms with van der Waals surface area (Å²) < 4.78 is 57.3. The Balaban J connectivity index is 2.06. The van der Waals surface area contributed by atoms with Gasteiger partial charge in [0.15, 0.2) is 0 Å². The van der Waals surface area contributed by atoms with Gasteiger partial charge in [0.1, 0.15) is 23.7 Å². The first kappa shape index (κ1) is 19.3. The molecule has 28 heavy (non-hydrogen) atoms. The van der Waals surface area contributed by atoms with Gasteiger partial charge in [0.05, 0.1) is 24.7 Å². The lowest BCUT2D eigenvalue weighted by molar-refractivity contribution is -0.115. The second-order valence-corrected chi connectivity index (χ2v) is 5.67. The first-order chi connectivity index (χ1) is 13.2. The zero-order valence-corrected chi connectivity index (χ0v) is 14.3. The number of hydrogen-bond donors (Lipinski definition) is 2. The molecule has 0 spiro atoms. The average molecular weight is 395 g/mol. The van der Waals surface area contributed by atoms with Gasteiger partial charge in [0, 0.05) is 23.6 Å². The van der Waals surface area contributed by atoms with Crippen LogP contribution in [0.5, 0.6) is 0 Å². The maximum Gasteiger partial charge on any atom is 0.405 e. The number of aromatic nitrogens is 3. The summed E-state index contributed by atoms with van der Waals surface area (Å²) in [6, 6.07) is 3.65. The zero-order chi connectivity index (χ0) is 20.5. The van der Waals surface area contributed by atoms with E-state index in [4.69, 9.17) is 5.41 Å². The fraction of sp³-hybridized carbons (Fsp3) is 0.176. The third-order valence-electron chi connectivity index (χ3n) is 3.77. The molecule has 0 atom stereocenters. The molecule has 0 aliphatic heterocycles. The Hall–Kier alpha value is -3.50. The number of halogens is 4. The van der Waals surface area contributed by atoms with Crippen LogP contribution in [0.15, 0.2) is 36.8 Å². The normalized spacial score (nSPS) is 11.5. The number of alkyl halides is 3. The van der Waals surface area contributed by atoms with Gasteiger partial charge in [-0.05, 0) is 18.2 Å². The molecule has 3 aromatic rings. The van der Waals surface area contributed by atoms with Crippen molar-refractivity contribution >= 4 is 23.0 Å².